The molecular formula is C13H20N4O. The van der Waals surface area contributed by atoms with Crippen LogP contribution in [-0.4, -0.2) is 24.4 Å². The van der Waals surface area contributed by atoms with Crippen LogP contribution in [0.15, 0.2) is 24.9 Å². The lowest BCUT2D eigenvalue weighted by molar-refractivity contribution is 0.209. The first-order valence-electron chi connectivity index (χ1n) is 6.46. The van der Waals surface area contributed by atoms with Gasteiger partial charge in [-0.1, -0.05) is 13.8 Å². The van der Waals surface area contributed by atoms with Crippen LogP contribution in [-0.2, 0) is 13.1 Å². The molecule has 0 saturated heterocycles. The molecule has 0 spiro atoms. The highest BCUT2D eigenvalue weighted by molar-refractivity contribution is 5.20. The lowest BCUT2D eigenvalue weighted by Gasteiger charge is -2.11. The molecule has 0 fully saturated rings. The second-order valence-electron chi connectivity index (χ2n) is 4.45. The standard InChI is InChI=1S/C13H20N4O/c1-3-5-16-10-14-8-12(16)13(18)11-7-15-17(9-11)6-4-2/h7-10,13,18H,3-6H2,1-2H3. The maximum Gasteiger partial charge on any atom is 0.124 e. The van der Waals surface area contributed by atoms with Crippen molar-refractivity contribution in [1.82, 2.24) is 19.3 Å². The zero-order chi connectivity index (χ0) is 13.0. The van der Waals surface area contributed by atoms with Gasteiger partial charge in [0.05, 0.1) is 24.4 Å². The third-order valence-electron chi connectivity index (χ3n) is 2.91. The molecule has 98 valence electrons. The van der Waals surface area contributed by atoms with Gasteiger partial charge in [0.1, 0.15) is 6.10 Å². The molecule has 0 aliphatic carbocycles. The number of rotatable bonds is 6. The summed E-state index contributed by atoms with van der Waals surface area (Å²) in [6, 6.07) is 0. The van der Waals surface area contributed by atoms with E-state index in [4.69, 9.17) is 0 Å². The number of aromatic nitrogens is 4. The van der Waals surface area contributed by atoms with Crippen molar-refractivity contribution in [3.8, 4) is 0 Å². The van der Waals surface area contributed by atoms with E-state index in [2.05, 4.69) is 23.9 Å². The Morgan fingerprint density at radius 2 is 2.00 bits per heavy atom. The summed E-state index contributed by atoms with van der Waals surface area (Å²) >= 11 is 0. The summed E-state index contributed by atoms with van der Waals surface area (Å²) < 4.78 is 3.85. The zero-order valence-electron chi connectivity index (χ0n) is 11.0. The topological polar surface area (TPSA) is 55.9 Å². The molecule has 0 aliphatic rings. The Bertz CT molecular complexity index is 489. The number of hydrogen-bond donors (Lipinski definition) is 1. The van der Waals surface area contributed by atoms with Gasteiger partial charge in [-0.05, 0) is 12.8 Å². The van der Waals surface area contributed by atoms with E-state index in [9.17, 15) is 5.11 Å². The van der Waals surface area contributed by atoms with Crippen LogP contribution in [0.1, 0.15) is 44.1 Å². The van der Waals surface area contributed by atoms with Crippen LogP contribution in [0.3, 0.4) is 0 Å². The van der Waals surface area contributed by atoms with Crippen LogP contribution in [0.25, 0.3) is 0 Å². The maximum absolute atomic E-state index is 10.4. The molecule has 0 radical (unpaired) electrons. The van der Waals surface area contributed by atoms with Crippen LogP contribution in [0, 0.1) is 0 Å². The van der Waals surface area contributed by atoms with Crippen molar-refractivity contribution in [2.24, 2.45) is 0 Å². The van der Waals surface area contributed by atoms with Crippen LogP contribution in [0.2, 0.25) is 0 Å². The Balaban J connectivity index is 2.18. The molecule has 1 N–H and O–H groups in total. The molecule has 2 rings (SSSR count). The summed E-state index contributed by atoms with van der Waals surface area (Å²) in [5.41, 5.74) is 1.65. The third-order valence-corrected chi connectivity index (χ3v) is 2.91. The van der Waals surface area contributed by atoms with E-state index >= 15 is 0 Å². The molecular weight excluding hydrogens is 228 g/mol. The lowest BCUT2D eigenvalue weighted by atomic mass is 10.1. The molecule has 2 aromatic heterocycles. The smallest absolute Gasteiger partial charge is 0.124 e. The fourth-order valence-corrected chi connectivity index (χ4v) is 2.03. The van der Waals surface area contributed by atoms with Crippen LogP contribution in [0.4, 0.5) is 0 Å². The summed E-state index contributed by atoms with van der Waals surface area (Å²) in [6.07, 6.45) is 8.51. The zero-order valence-corrected chi connectivity index (χ0v) is 11.0. The van der Waals surface area contributed by atoms with Gasteiger partial charge < -0.3 is 9.67 Å². The first kappa shape index (κ1) is 12.8. The normalized spacial score (nSPS) is 12.8. The van der Waals surface area contributed by atoms with Gasteiger partial charge in [-0.3, -0.25) is 4.68 Å². The largest absolute Gasteiger partial charge is 0.382 e. The first-order chi connectivity index (χ1) is 8.76. The van der Waals surface area contributed by atoms with Crippen molar-refractivity contribution in [2.45, 2.75) is 45.9 Å². The van der Waals surface area contributed by atoms with Crippen molar-refractivity contribution in [2.75, 3.05) is 0 Å². The third kappa shape index (κ3) is 2.61. The van der Waals surface area contributed by atoms with Gasteiger partial charge in [0, 0.05) is 24.8 Å². The summed E-state index contributed by atoms with van der Waals surface area (Å²) in [7, 11) is 0. The van der Waals surface area contributed by atoms with E-state index in [1.807, 2.05) is 15.4 Å². The van der Waals surface area contributed by atoms with Crippen molar-refractivity contribution in [3.05, 3.63) is 36.2 Å². The molecule has 5 nitrogen and oxygen atoms in total. The average Bonchev–Trinajstić information content (AvgIpc) is 2.98. The highest BCUT2D eigenvalue weighted by Crippen LogP contribution is 2.21. The quantitative estimate of drug-likeness (QED) is 0.850. The molecule has 1 atom stereocenters. The summed E-state index contributed by atoms with van der Waals surface area (Å²) in [5.74, 6) is 0. The van der Waals surface area contributed by atoms with E-state index in [1.165, 1.54) is 0 Å². The van der Waals surface area contributed by atoms with Crippen molar-refractivity contribution in [3.63, 3.8) is 0 Å². The van der Waals surface area contributed by atoms with Crippen molar-refractivity contribution in [1.29, 1.82) is 0 Å². The molecule has 1 unspecified atom stereocenters. The number of imidazole rings is 1. The first-order valence-corrected chi connectivity index (χ1v) is 6.46. The van der Waals surface area contributed by atoms with E-state index in [1.54, 1.807) is 18.7 Å². The minimum absolute atomic E-state index is 0.648. The summed E-state index contributed by atoms with van der Waals surface area (Å²) in [4.78, 5) is 4.11. The Morgan fingerprint density at radius 3 is 2.72 bits per heavy atom. The fourth-order valence-electron chi connectivity index (χ4n) is 2.03. The number of nitrogens with zero attached hydrogens (tertiary/aromatic N) is 4. The van der Waals surface area contributed by atoms with Gasteiger partial charge in [0.15, 0.2) is 0 Å². The van der Waals surface area contributed by atoms with Gasteiger partial charge in [-0.15, -0.1) is 0 Å². The van der Waals surface area contributed by atoms with Crippen LogP contribution < -0.4 is 0 Å². The molecule has 0 amide bonds. The van der Waals surface area contributed by atoms with E-state index < -0.39 is 6.10 Å². The van der Waals surface area contributed by atoms with E-state index in [-0.39, 0.29) is 0 Å². The molecule has 0 bridgehead atoms. The Kier molecular flexibility index (Phi) is 4.15. The number of aryl methyl sites for hydroxylation is 2. The fraction of sp³-hybridized carbons (Fsp3) is 0.538. The minimum Gasteiger partial charge on any atom is -0.382 e. The number of hydrogen-bond acceptors (Lipinski definition) is 3. The second-order valence-corrected chi connectivity index (χ2v) is 4.45. The number of aliphatic hydroxyl groups is 1. The number of aliphatic hydroxyl groups excluding tert-OH is 1. The molecule has 18 heavy (non-hydrogen) atoms. The molecule has 0 saturated carbocycles. The van der Waals surface area contributed by atoms with Crippen LogP contribution in [0.5, 0.6) is 0 Å². The second kappa shape index (κ2) is 5.82. The van der Waals surface area contributed by atoms with Gasteiger partial charge >= 0.3 is 0 Å². The van der Waals surface area contributed by atoms with E-state index in [0.29, 0.717) is 0 Å². The predicted molar refractivity (Wildman–Crippen MR) is 69.1 cm³/mol. The van der Waals surface area contributed by atoms with Gasteiger partial charge in [-0.25, -0.2) is 4.98 Å². The Morgan fingerprint density at radius 1 is 1.22 bits per heavy atom. The van der Waals surface area contributed by atoms with Crippen molar-refractivity contribution < 1.29 is 5.11 Å². The molecule has 2 heterocycles. The summed E-state index contributed by atoms with van der Waals surface area (Å²) in [6.45, 7) is 5.96. The average molecular weight is 248 g/mol. The van der Waals surface area contributed by atoms with Crippen LogP contribution >= 0.6 is 0 Å². The Labute approximate surface area is 107 Å². The molecule has 0 aromatic carbocycles. The SMILES string of the molecule is CCCn1cc(C(O)c2cncn2CCC)cn1. The van der Waals surface area contributed by atoms with Gasteiger partial charge in [-0.2, -0.15) is 5.10 Å². The molecule has 2 aromatic rings. The van der Waals surface area contributed by atoms with Gasteiger partial charge in [0.2, 0.25) is 0 Å². The highest BCUT2D eigenvalue weighted by Gasteiger charge is 2.16. The Hall–Kier alpha value is -1.62. The lowest BCUT2D eigenvalue weighted by Crippen LogP contribution is -2.07. The van der Waals surface area contributed by atoms with Gasteiger partial charge in [0.25, 0.3) is 0 Å². The monoisotopic (exact) mass is 248 g/mol. The predicted octanol–water partition coefficient (Wildman–Crippen LogP) is 1.98. The maximum atomic E-state index is 10.4. The minimum atomic E-state index is -0.648. The molecule has 5 heteroatoms. The van der Waals surface area contributed by atoms with Crippen molar-refractivity contribution >= 4 is 0 Å². The summed E-state index contributed by atoms with van der Waals surface area (Å²) in [5, 5.41) is 14.6. The molecule has 0 aliphatic heterocycles. The highest BCUT2D eigenvalue weighted by atomic mass is 16.3. The van der Waals surface area contributed by atoms with E-state index in [0.717, 1.165) is 37.2 Å².